The summed E-state index contributed by atoms with van der Waals surface area (Å²) in [6.45, 7) is 0. The molecule has 0 aliphatic rings. The molecule has 20 heavy (non-hydrogen) atoms. The van der Waals surface area contributed by atoms with Crippen LogP contribution in [-0.2, 0) is 0 Å². The number of hydrogen-bond donors (Lipinski definition) is 0. The molecule has 2 heterocycles. The highest BCUT2D eigenvalue weighted by atomic mass is 127. The summed E-state index contributed by atoms with van der Waals surface area (Å²) in [6.07, 6.45) is 1.62. The highest BCUT2D eigenvalue weighted by Gasteiger charge is 2.18. The Morgan fingerprint density at radius 1 is 1.45 bits per heavy atom. The molecule has 0 amide bonds. The fourth-order valence-corrected chi connectivity index (χ4v) is 3.19. The first-order valence-corrected chi connectivity index (χ1v) is 7.68. The van der Waals surface area contributed by atoms with Crippen molar-refractivity contribution in [3.63, 3.8) is 0 Å². The monoisotopic (exact) mass is 417 g/mol. The van der Waals surface area contributed by atoms with Gasteiger partial charge < -0.3 is 4.74 Å². The number of hydrogen-bond acceptors (Lipinski definition) is 6. The number of pyridine rings is 1. The standard InChI is InChI=1S/C12H5ClIN3O2S/c13-7-4-8(14)11(10-6(7)2-1-3-15-10)19-12(18)9-5-20-17-16-9/h1-5H. The van der Waals surface area contributed by atoms with Gasteiger partial charge in [-0.1, -0.05) is 16.1 Å². The van der Waals surface area contributed by atoms with Crippen LogP contribution < -0.4 is 4.74 Å². The lowest BCUT2D eigenvalue weighted by Gasteiger charge is -2.09. The Bertz CT molecular complexity index is 795. The summed E-state index contributed by atoms with van der Waals surface area (Å²) >= 11 is 9.30. The Kier molecular flexibility index (Phi) is 3.81. The van der Waals surface area contributed by atoms with E-state index in [1.54, 1.807) is 18.3 Å². The number of benzene rings is 1. The van der Waals surface area contributed by atoms with Crippen molar-refractivity contribution in [1.82, 2.24) is 14.6 Å². The summed E-state index contributed by atoms with van der Waals surface area (Å²) in [7, 11) is 0. The Balaban J connectivity index is 2.10. The van der Waals surface area contributed by atoms with Crippen LogP contribution in [0.3, 0.4) is 0 Å². The van der Waals surface area contributed by atoms with Gasteiger partial charge in [-0.25, -0.2) is 4.79 Å². The zero-order valence-corrected chi connectivity index (χ0v) is 13.4. The predicted octanol–water partition coefficient (Wildman–Crippen LogP) is 3.56. The molecular weight excluding hydrogens is 413 g/mol. The van der Waals surface area contributed by atoms with Crippen molar-refractivity contribution in [2.45, 2.75) is 0 Å². The lowest BCUT2D eigenvalue weighted by Crippen LogP contribution is -2.10. The highest BCUT2D eigenvalue weighted by Crippen LogP contribution is 2.34. The summed E-state index contributed by atoms with van der Waals surface area (Å²) in [6, 6.07) is 5.33. The van der Waals surface area contributed by atoms with Gasteiger partial charge in [-0.05, 0) is 52.3 Å². The van der Waals surface area contributed by atoms with E-state index in [-0.39, 0.29) is 5.69 Å². The minimum atomic E-state index is -0.564. The second-order valence-electron chi connectivity index (χ2n) is 3.75. The number of esters is 1. The van der Waals surface area contributed by atoms with E-state index in [9.17, 15) is 4.79 Å². The molecular formula is C12H5ClIN3O2S. The van der Waals surface area contributed by atoms with Crippen LogP contribution in [0.5, 0.6) is 5.75 Å². The van der Waals surface area contributed by atoms with Crippen LogP contribution in [0, 0.1) is 3.57 Å². The number of ether oxygens (including phenoxy) is 1. The maximum atomic E-state index is 12.0. The fourth-order valence-electron chi connectivity index (χ4n) is 1.64. The van der Waals surface area contributed by atoms with Crippen LogP contribution in [0.4, 0.5) is 0 Å². The summed E-state index contributed by atoms with van der Waals surface area (Å²) in [5.74, 6) is -0.186. The Hall–Kier alpha value is -1.32. The van der Waals surface area contributed by atoms with Gasteiger partial charge in [0, 0.05) is 17.0 Å². The lowest BCUT2D eigenvalue weighted by atomic mass is 10.2. The number of nitrogens with zero attached hydrogens (tertiary/aromatic N) is 3. The zero-order chi connectivity index (χ0) is 14.1. The molecule has 0 spiro atoms. The third-order valence-electron chi connectivity index (χ3n) is 2.51. The van der Waals surface area contributed by atoms with Crippen molar-refractivity contribution >= 4 is 62.6 Å². The molecule has 0 N–H and O–H groups in total. The first-order valence-electron chi connectivity index (χ1n) is 5.39. The third kappa shape index (κ3) is 2.48. The first-order chi connectivity index (χ1) is 9.66. The minimum absolute atomic E-state index is 0.171. The number of halogens is 2. The minimum Gasteiger partial charge on any atom is -0.418 e. The molecule has 0 saturated carbocycles. The van der Waals surface area contributed by atoms with Crippen LogP contribution in [0.15, 0.2) is 29.8 Å². The van der Waals surface area contributed by atoms with E-state index in [4.69, 9.17) is 16.3 Å². The van der Waals surface area contributed by atoms with Crippen molar-refractivity contribution in [2.24, 2.45) is 0 Å². The van der Waals surface area contributed by atoms with Gasteiger partial charge in [0.15, 0.2) is 11.4 Å². The second-order valence-corrected chi connectivity index (χ2v) is 5.93. The molecule has 0 saturated heterocycles. The van der Waals surface area contributed by atoms with Crippen molar-refractivity contribution in [3.8, 4) is 5.75 Å². The van der Waals surface area contributed by atoms with Crippen LogP contribution in [0.25, 0.3) is 10.9 Å². The maximum Gasteiger partial charge on any atom is 0.365 e. The molecule has 0 fully saturated rings. The molecule has 0 radical (unpaired) electrons. The van der Waals surface area contributed by atoms with Crippen LogP contribution in [0.2, 0.25) is 5.02 Å². The maximum absolute atomic E-state index is 12.0. The van der Waals surface area contributed by atoms with E-state index in [0.29, 0.717) is 19.9 Å². The molecule has 3 rings (SSSR count). The number of fused-ring (bicyclic) bond motifs is 1. The molecule has 8 heteroatoms. The number of aromatic nitrogens is 3. The van der Waals surface area contributed by atoms with E-state index in [2.05, 4.69) is 37.2 Å². The fraction of sp³-hybridized carbons (Fsp3) is 0. The van der Waals surface area contributed by atoms with Crippen molar-refractivity contribution in [1.29, 1.82) is 0 Å². The van der Waals surface area contributed by atoms with Gasteiger partial charge >= 0.3 is 5.97 Å². The molecule has 3 aromatic rings. The van der Waals surface area contributed by atoms with Gasteiger partial charge in [-0.15, -0.1) is 5.10 Å². The molecule has 5 nitrogen and oxygen atoms in total. The average Bonchev–Trinajstić information content (AvgIpc) is 2.97. The number of carbonyl (C=O) groups excluding carboxylic acids is 1. The van der Waals surface area contributed by atoms with E-state index in [0.717, 1.165) is 16.9 Å². The molecule has 0 aliphatic heterocycles. The van der Waals surface area contributed by atoms with E-state index >= 15 is 0 Å². The normalized spacial score (nSPS) is 10.7. The van der Waals surface area contributed by atoms with Gasteiger partial charge in [0.1, 0.15) is 5.52 Å². The smallest absolute Gasteiger partial charge is 0.365 e. The summed E-state index contributed by atoms with van der Waals surface area (Å²) in [4.78, 5) is 16.2. The first kappa shape index (κ1) is 13.7. The molecule has 0 atom stereocenters. The van der Waals surface area contributed by atoms with Gasteiger partial charge in [0.2, 0.25) is 0 Å². The van der Waals surface area contributed by atoms with Crippen molar-refractivity contribution in [3.05, 3.63) is 44.1 Å². The van der Waals surface area contributed by atoms with Crippen LogP contribution >= 0.6 is 45.7 Å². The quantitative estimate of drug-likeness (QED) is 0.362. The third-order valence-corrected chi connectivity index (χ3v) is 4.13. The van der Waals surface area contributed by atoms with E-state index in [1.807, 2.05) is 6.07 Å². The zero-order valence-electron chi connectivity index (χ0n) is 9.71. The van der Waals surface area contributed by atoms with E-state index < -0.39 is 5.97 Å². The predicted molar refractivity (Wildman–Crippen MR) is 84.3 cm³/mol. The summed E-state index contributed by atoms with van der Waals surface area (Å²) < 4.78 is 9.73. The topological polar surface area (TPSA) is 65.0 Å². The van der Waals surface area contributed by atoms with Crippen LogP contribution in [-0.4, -0.2) is 20.5 Å². The Morgan fingerprint density at radius 2 is 2.30 bits per heavy atom. The van der Waals surface area contributed by atoms with Gasteiger partial charge in [0.05, 0.1) is 8.59 Å². The van der Waals surface area contributed by atoms with Crippen molar-refractivity contribution in [2.75, 3.05) is 0 Å². The SMILES string of the molecule is O=C(Oc1c(I)cc(Cl)c2cccnc12)c1csnn1. The van der Waals surface area contributed by atoms with Gasteiger partial charge in [0.25, 0.3) is 0 Å². The average molecular weight is 418 g/mol. The van der Waals surface area contributed by atoms with Gasteiger partial charge in [-0.2, -0.15) is 0 Å². The molecule has 0 bridgehead atoms. The Morgan fingerprint density at radius 3 is 3.05 bits per heavy atom. The second kappa shape index (κ2) is 5.58. The summed E-state index contributed by atoms with van der Waals surface area (Å²) in [5, 5.41) is 6.51. The van der Waals surface area contributed by atoms with Crippen molar-refractivity contribution < 1.29 is 9.53 Å². The summed E-state index contributed by atoms with van der Waals surface area (Å²) in [5.41, 5.74) is 0.714. The van der Waals surface area contributed by atoms with Crippen LogP contribution in [0.1, 0.15) is 10.5 Å². The lowest BCUT2D eigenvalue weighted by molar-refractivity contribution is 0.0729. The molecule has 1 aromatic carbocycles. The van der Waals surface area contributed by atoms with E-state index in [1.165, 1.54) is 5.38 Å². The molecule has 100 valence electrons. The molecule has 2 aromatic heterocycles. The molecule has 0 unspecified atom stereocenters. The number of rotatable bonds is 2. The van der Waals surface area contributed by atoms with Gasteiger partial charge in [-0.3, -0.25) is 4.98 Å². The number of carbonyl (C=O) groups is 1. The Labute approximate surface area is 136 Å². The largest absolute Gasteiger partial charge is 0.418 e. The highest BCUT2D eigenvalue weighted by molar-refractivity contribution is 14.1. The molecule has 0 aliphatic carbocycles.